The molecule has 5 atom stereocenters. The van der Waals surface area contributed by atoms with Crippen LogP contribution in [-0.2, 0) is 9.53 Å². The molecule has 1 aromatic heterocycles. The number of carbonyl (C=O) groups excluding carboxylic acids is 2. The molecule has 0 spiro atoms. The topological polar surface area (TPSA) is 112 Å². The Morgan fingerprint density at radius 2 is 2.11 bits per heavy atom. The van der Waals surface area contributed by atoms with Crippen LogP contribution in [0.1, 0.15) is 29.6 Å². The Kier molecular flexibility index (Phi) is 4.01. The van der Waals surface area contributed by atoms with E-state index in [0.29, 0.717) is 30.9 Å². The smallest absolute Gasteiger partial charge is 0.340 e. The number of hydrogen-bond donors (Lipinski definition) is 3. The molecule has 3 fully saturated rings. The third-order valence-corrected chi connectivity index (χ3v) is 6.75. The van der Waals surface area contributed by atoms with Crippen molar-refractivity contribution >= 4 is 28.6 Å². The predicted octanol–water partition coefficient (Wildman–Crippen LogP) is 2.13. The van der Waals surface area contributed by atoms with E-state index in [1.165, 1.54) is 0 Å². The van der Waals surface area contributed by atoms with Crippen LogP contribution in [0.3, 0.4) is 0 Å². The number of aromatic amines is 1. The predicted molar refractivity (Wildman–Crippen MR) is 104 cm³/mol. The van der Waals surface area contributed by atoms with Crippen molar-refractivity contribution in [1.29, 1.82) is 5.41 Å². The summed E-state index contributed by atoms with van der Waals surface area (Å²) in [5.74, 6) is 0.145. The van der Waals surface area contributed by atoms with Gasteiger partial charge in [0.15, 0.2) is 0 Å². The van der Waals surface area contributed by atoms with Gasteiger partial charge < -0.3 is 20.4 Å². The molecule has 1 saturated heterocycles. The lowest BCUT2D eigenvalue weighted by Gasteiger charge is -2.28. The monoisotopic (exact) mass is 380 g/mol. The summed E-state index contributed by atoms with van der Waals surface area (Å²) in [4.78, 5) is 30.4. The highest BCUT2D eigenvalue weighted by molar-refractivity contribution is 6.07. The Balaban J connectivity index is 1.34. The van der Waals surface area contributed by atoms with E-state index in [-0.39, 0.29) is 41.7 Å². The highest BCUT2D eigenvalue weighted by Crippen LogP contribution is 2.57. The number of likely N-dealkylation sites (tertiary alicyclic amines) is 1. The van der Waals surface area contributed by atoms with Crippen LogP contribution in [0.15, 0.2) is 30.5 Å². The van der Waals surface area contributed by atoms with E-state index >= 15 is 0 Å². The molecular weight excluding hydrogens is 356 g/mol. The van der Waals surface area contributed by atoms with Crippen molar-refractivity contribution in [2.45, 2.75) is 25.4 Å². The van der Waals surface area contributed by atoms with Crippen molar-refractivity contribution in [3.8, 4) is 0 Å². The average molecular weight is 380 g/mol. The highest BCUT2D eigenvalue weighted by Gasteiger charge is 2.63. The first-order chi connectivity index (χ1) is 13.6. The van der Waals surface area contributed by atoms with Crippen molar-refractivity contribution in [1.82, 2.24) is 9.88 Å². The number of hydrogen-bond acceptors (Lipinski definition) is 5. The number of nitrogens with one attached hydrogen (secondary N) is 2. The molecule has 0 radical (unpaired) electrons. The Labute approximate surface area is 162 Å². The zero-order chi connectivity index (χ0) is 19.4. The number of nitrogens with two attached hydrogens (primary N) is 1. The fourth-order valence-corrected chi connectivity index (χ4v) is 5.57. The third-order valence-electron chi connectivity index (χ3n) is 6.75. The second-order valence-corrected chi connectivity index (χ2v) is 8.16. The molecule has 1 aliphatic heterocycles. The zero-order valence-corrected chi connectivity index (χ0v) is 15.6. The Bertz CT molecular complexity index is 967. The number of nitrogens with zero attached hydrogens (tertiary/aromatic N) is 1. The highest BCUT2D eigenvalue weighted by atomic mass is 16.5. The second-order valence-electron chi connectivity index (χ2n) is 8.16. The summed E-state index contributed by atoms with van der Waals surface area (Å²) in [6, 6.07) is 7.64. The van der Waals surface area contributed by atoms with Gasteiger partial charge in [-0.05, 0) is 37.8 Å². The van der Waals surface area contributed by atoms with E-state index in [4.69, 9.17) is 15.9 Å². The van der Waals surface area contributed by atoms with E-state index < -0.39 is 0 Å². The maximum Gasteiger partial charge on any atom is 0.340 e. The zero-order valence-electron chi connectivity index (χ0n) is 15.6. The molecule has 7 nitrogen and oxygen atoms in total. The molecule has 7 heteroatoms. The van der Waals surface area contributed by atoms with Gasteiger partial charge in [0.05, 0.1) is 11.5 Å². The minimum Gasteiger partial charge on any atom is -0.458 e. The Morgan fingerprint density at radius 3 is 2.93 bits per heavy atom. The number of amidine groups is 1. The van der Waals surface area contributed by atoms with Crippen molar-refractivity contribution in [3.63, 3.8) is 0 Å². The molecule has 5 rings (SSSR count). The summed E-state index contributed by atoms with van der Waals surface area (Å²) in [6.45, 7) is 1.02. The molecule has 28 heavy (non-hydrogen) atoms. The number of carbonyl (C=O) groups is 2. The summed E-state index contributed by atoms with van der Waals surface area (Å²) in [7, 11) is 0. The molecule has 3 aliphatic rings. The summed E-state index contributed by atoms with van der Waals surface area (Å²) in [5, 5.41) is 9.31. The van der Waals surface area contributed by atoms with Gasteiger partial charge in [0.1, 0.15) is 11.9 Å². The number of rotatable bonds is 5. The molecule has 2 bridgehead atoms. The lowest BCUT2D eigenvalue weighted by atomic mass is 9.79. The van der Waals surface area contributed by atoms with Crippen molar-refractivity contribution < 1.29 is 14.3 Å². The maximum absolute atomic E-state index is 12.9. The fraction of sp³-hybridized carbons (Fsp3) is 0.476. The van der Waals surface area contributed by atoms with E-state index in [1.54, 1.807) is 11.1 Å². The van der Waals surface area contributed by atoms with Crippen LogP contribution < -0.4 is 5.73 Å². The van der Waals surface area contributed by atoms with Gasteiger partial charge in [0, 0.05) is 35.5 Å². The first-order valence-electron chi connectivity index (χ1n) is 9.97. The van der Waals surface area contributed by atoms with Crippen LogP contribution in [0.2, 0.25) is 0 Å². The molecule has 4 N–H and O–H groups in total. The minimum atomic E-state index is -0.341. The molecule has 2 saturated carbocycles. The number of H-pyrrole nitrogens is 1. The molecule has 5 unspecified atom stereocenters. The van der Waals surface area contributed by atoms with Gasteiger partial charge in [-0.15, -0.1) is 0 Å². The lowest BCUT2D eigenvalue weighted by molar-refractivity contribution is -0.132. The van der Waals surface area contributed by atoms with Crippen LogP contribution in [0.4, 0.5) is 0 Å². The molecular formula is C21H24N4O3. The Morgan fingerprint density at radius 1 is 1.29 bits per heavy atom. The molecule has 146 valence electrons. The first-order valence-corrected chi connectivity index (χ1v) is 9.97. The van der Waals surface area contributed by atoms with Gasteiger partial charge in [-0.25, -0.2) is 4.79 Å². The van der Waals surface area contributed by atoms with Crippen LogP contribution in [0.5, 0.6) is 0 Å². The number of amides is 1. The van der Waals surface area contributed by atoms with Crippen molar-refractivity contribution in [2.24, 2.45) is 29.4 Å². The number of fused-ring (bicyclic) bond motifs is 6. The fourth-order valence-electron chi connectivity index (χ4n) is 5.57. The van der Waals surface area contributed by atoms with E-state index in [1.807, 2.05) is 24.3 Å². The molecule has 2 aromatic rings. The number of para-hydroxylation sites is 1. The normalized spacial score (nSPS) is 31.0. The van der Waals surface area contributed by atoms with Gasteiger partial charge in [-0.3, -0.25) is 10.2 Å². The molecule has 1 aromatic carbocycles. The SMILES string of the molecule is N=C1C2C3CC(OC(=O)c4c[nH]c5ccccc45)C(C3)C2C(=O)N1CCCN. The maximum atomic E-state index is 12.9. The van der Waals surface area contributed by atoms with Gasteiger partial charge in [-0.2, -0.15) is 0 Å². The van der Waals surface area contributed by atoms with Crippen LogP contribution in [-0.4, -0.2) is 46.8 Å². The van der Waals surface area contributed by atoms with Crippen molar-refractivity contribution in [3.05, 3.63) is 36.0 Å². The standard InChI is InChI=1S/C21H24N4O3/c22-6-3-7-25-19(23)17-11-8-13(18(17)20(25)26)16(9-11)28-21(27)14-10-24-15-5-2-1-4-12(14)15/h1-2,4-5,10-11,13,16-18,23-24H,3,6-9,22H2. The van der Waals surface area contributed by atoms with Gasteiger partial charge in [0.2, 0.25) is 5.91 Å². The third kappa shape index (κ3) is 2.42. The number of esters is 1. The number of aromatic nitrogens is 1. The summed E-state index contributed by atoms with van der Waals surface area (Å²) in [5.41, 5.74) is 7.01. The van der Waals surface area contributed by atoms with Crippen LogP contribution in [0, 0.1) is 29.1 Å². The summed E-state index contributed by atoms with van der Waals surface area (Å²) < 4.78 is 5.89. The number of benzene rings is 1. The van der Waals surface area contributed by atoms with Gasteiger partial charge in [0.25, 0.3) is 0 Å². The van der Waals surface area contributed by atoms with E-state index in [9.17, 15) is 9.59 Å². The van der Waals surface area contributed by atoms with Gasteiger partial charge >= 0.3 is 5.97 Å². The molecule has 2 heterocycles. The minimum absolute atomic E-state index is 0.0138. The Hall–Kier alpha value is -2.67. The van der Waals surface area contributed by atoms with Crippen LogP contribution in [0.25, 0.3) is 10.9 Å². The first kappa shape index (κ1) is 17.4. The van der Waals surface area contributed by atoms with Crippen molar-refractivity contribution in [2.75, 3.05) is 13.1 Å². The molecule has 2 aliphatic carbocycles. The quantitative estimate of drug-likeness (QED) is 0.690. The molecule has 1 amide bonds. The van der Waals surface area contributed by atoms with E-state index in [0.717, 1.165) is 23.7 Å². The average Bonchev–Trinajstić information content (AvgIpc) is 3.43. The van der Waals surface area contributed by atoms with Gasteiger partial charge in [-0.1, -0.05) is 18.2 Å². The summed E-state index contributed by atoms with van der Waals surface area (Å²) >= 11 is 0. The second kappa shape index (κ2) is 6.44. The summed E-state index contributed by atoms with van der Waals surface area (Å²) in [6.07, 6.45) is 3.73. The van der Waals surface area contributed by atoms with Crippen LogP contribution >= 0.6 is 0 Å². The number of ether oxygens (including phenoxy) is 1. The van der Waals surface area contributed by atoms with E-state index in [2.05, 4.69) is 4.98 Å². The largest absolute Gasteiger partial charge is 0.458 e. The lowest BCUT2D eigenvalue weighted by Crippen LogP contribution is -2.36.